The second-order valence-electron chi connectivity index (χ2n) is 7.27. The first kappa shape index (κ1) is 18.9. The van der Waals surface area contributed by atoms with Crippen LogP contribution in [-0.4, -0.2) is 14.7 Å². The molecule has 0 spiro atoms. The highest BCUT2D eigenvalue weighted by Gasteiger charge is 2.09. The van der Waals surface area contributed by atoms with Gasteiger partial charge in [0.05, 0.1) is 18.6 Å². The number of ether oxygens (including phenoxy) is 1. The molecule has 0 unspecified atom stereocenters. The summed E-state index contributed by atoms with van der Waals surface area (Å²) in [6.07, 6.45) is 3.82. The smallest absolute Gasteiger partial charge is 0.157 e. The van der Waals surface area contributed by atoms with Crippen molar-refractivity contribution in [3.8, 4) is 28.3 Å². The van der Waals surface area contributed by atoms with Crippen molar-refractivity contribution in [3.63, 3.8) is 0 Å². The Hall–Kier alpha value is -4.12. The lowest BCUT2D eigenvalue weighted by Gasteiger charge is -2.06. The van der Waals surface area contributed by atoms with Gasteiger partial charge in [-0.3, -0.25) is 0 Å². The van der Waals surface area contributed by atoms with Crippen molar-refractivity contribution in [1.82, 2.24) is 14.7 Å². The van der Waals surface area contributed by atoms with Crippen LogP contribution >= 0.6 is 0 Å². The van der Waals surface area contributed by atoms with E-state index in [1.165, 1.54) is 0 Å². The molecule has 0 N–H and O–H groups in total. The molecular formula is C26H21N3O2. The van der Waals surface area contributed by atoms with Gasteiger partial charge >= 0.3 is 0 Å². The summed E-state index contributed by atoms with van der Waals surface area (Å²) in [4.78, 5) is 4.48. The third-order valence-electron chi connectivity index (χ3n) is 5.00. The first-order chi connectivity index (χ1) is 15.3. The number of imidazole rings is 1. The summed E-state index contributed by atoms with van der Waals surface area (Å²) in [5.74, 6) is 1.60. The number of benzene rings is 3. The number of nitrogens with zero attached hydrogens (tertiary/aromatic N) is 3. The Morgan fingerprint density at radius 1 is 0.774 bits per heavy atom. The van der Waals surface area contributed by atoms with Crippen LogP contribution in [0.25, 0.3) is 22.5 Å². The molecule has 2 aromatic heterocycles. The Bertz CT molecular complexity index is 1240. The lowest BCUT2D eigenvalue weighted by atomic mass is 10.1. The SMILES string of the molecule is c1ccc(COc2ccc(-c3cc(Cn4cnc(-c5ccccc5)c4)on3)cc2)cc1. The van der Waals surface area contributed by atoms with Crippen LogP contribution in [0.2, 0.25) is 0 Å². The highest BCUT2D eigenvalue weighted by molar-refractivity contribution is 5.60. The number of aromatic nitrogens is 3. The fourth-order valence-electron chi connectivity index (χ4n) is 3.37. The molecule has 5 aromatic rings. The Kier molecular flexibility index (Phi) is 5.31. The zero-order valence-electron chi connectivity index (χ0n) is 16.9. The Morgan fingerprint density at radius 2 is 1.48 bits per heavy atom. The van der Waals surface area contributed by atoms with E-state index in [2.05, 4.69) is 10.1 Å². The third kappa shape index (κ3) is 4.56. The minimum absolute atomic E-state index is 0.546. The molecule has 0 aliphatic carbocycles. The zero-order valence-corrected chi connectivity index (χ0v) is 16.9. The summed E-state index contributed by atoms with van der Waals surface area (Å²) in [5.41, 5.74) is 4.95. The summed E-state index contributed by atoms with van der Waals surface area (Å²) in [5, 5.41) is 4.22. The minimum atomic E-state index is 0.546. The number of hydrogen-bond acceptors (Lipinski definition) is 4. The van der Waals surface area contributed by atoms with Crippen LogP contribution in [0.3, 0.4) is 0 Å². The van der Waals surface area contributed by atoms with Gasteiger partial charge in [0, 0.05) is 23.4 Å². The Balaban J connectivity index is 1.23. The summed E-state index contributed by atoms with van der Waals surface area (Å²) >= 11 is 0. The molecule has 2 heterocycles. The molecule has 152 valence electrons. The van der Waals surface area contributed by atoms with Crippen molar-refractivity contribution in [2.75, 3.05) is 0 Å². The predicted molar refractivity (Wildman–Crippen MR) is 119 cm³/mol. The standard InChI is InChI=1S/C26H21N3O2/c1-3-7-20(8-4-1)18-30-23-13-11-22(12-14-23)25-15-24(31-28-25)16-29-17-26(27-19-29)21-9-5-2-6-10-21/h1-15,17,19H,16,18H2. The molecule has 0 aliphatic heterocycles. The average Bonchev–Trinajstić information content (AvgIpc) is 3.50. The summed E-state index contributed by atoms with van der Waals surface area (Å²) in [6.45, 7) is 1.12. The second kappa shape index (κ2) is 8.71. The fourth-order valence-corrected chi connectivity index (χ4v) is 3.37. The summed E-state index contributed by atoms with van der Waals surface area (Å²) < 4.78 is 13.4. The van der Waals surface area contributed by atoms with Crippen LogP contribution < -0.4 is 4.74 Å². The van der Waals surface area contributed by atoms with Crippen LogP contribution in [0.4, 0.5) is 0 Å². The van der Waals surface area contributed by atoms with E-state index in [1.54, 1.807) is 0 Å². The molecule has 0 saturated carbocycles. The van der Waals surface area contributed by atoms with E-state index >= 15 is 0 Å². The van der Waals surface area contributed by atoms with E-state index in [1.807, 2.05) is 108 Å². The van der Waals surface area contributed by atoms with Crippen LogP contribution in [0.5, 0.6) is 5.75 Å². The van der Waals surface area contributed by atoms with Crippen molar-refractivity contribution in [2.24, 2.45) is 0 Å². The van der Waals surface area contributed by atoms with E-state index in [4.69, 9.17) is 9.26 Å². The maximum absolute atomic E-state index is 5.85. The topological polar surface area (TPSA) is 53.1 Å². The van der Waals surface area contributed by atoms with Crippen molar-refractivity contribution in [3.05, 3.63) is 115 Å². The van der Waals surface area contributed by atoms with Gasteiger partial charge in [-0.2, -0.15) is 0 Å². The number of rotatable bonds is 7. The normalized spacial score (nSPS) is 10.8. The first-order valence-corrected chi connectivity index (χ1v) is 10.1. The van der Waals surface area contributed by atoms with Gasteiger partial charge in [-0.25, -0.2) is 4.98 Å². The number of hydrogen-bond donors (Lipinski definition) is 0. The van der Waals surface area contributed by atoms with Gasteiger partial charge < -0.3 is 13.8 Å². The Morgan fingerprint density at radius 3 is 2.26 bits per heavy atom. The quantitative estimate of drug-likeness (QED) is 0.340. The lowest BCUT2D eigenvalue weighted by Crippen LogP contribution is -1.94. The molecule has 0 saturated heterocycles. The van der Waals surface area contributed by atoms with Crippen molar-refractivity contribution in [1.29, 1.82) is 0 Å². The molecule has 3 aromatic carbocycles. The molecule has 0 bridgehead atoms. The van der Waals surface area contributed by atoms with Crippen molar-refractivity contribution < 1.29 is 9.26 Å². The van der Waals surface area contributed by atoms with Gasteiger partial charge in [0.2, 0.25) is 0 Å². The Labute approximate surface area is 180 Å². The largest absolute Gasteiger partial charge is 0.489 e. The molecule has 0 atom stereocenters. The monoisotopic (exact) mass is 407 g/mol. The summed E-state index contributed by atoms with van der Waals surface area (Å²) in [6, 6.07) is 30.1. The molecule has 0 aliphatic rings. The van der Waals surface area contributed by atoms with Crippen molar-refractivity contribution >= 4 is 0 Å². The lowest BCUT2D eigenvalue weighted by molar-refractivity contribution is 0.306. The third-order valence-corrected chi connectivity index (χ3v) is 5.00. The molecule has 0 radical (unpaired) electrons. The van der Waals surface area contributed by atoms with E-state index in [-0.39, 0.29) is 0 Å². The molecule has 0 amide bonds. The van der Waals surface area contributed by atoms with Gasteiger partial charge in [-0.15, -0.1) is 0 Å². The molecule has 5 heteroatoms. The predicted octanol–water partition coefficient (Wildman–Crippen LogP) is 5.83. The van der Waals surface area contributed by atoms with Crippen LogP contribution in [-0.2, 0) is 13.2 Å². The first-order valence-electron chi connectivity index (χ1n) is 10.1. The molecule has 31 heavy (non-hydrogen) atoms. The van der Waals surface area contributed by atoms with Crippen LogP contribution in [0.1, 0.15) is 11.3 Å². The molecule has 5 rings (SSSR count). The maximum atomic E-state index is 5.85. The van der Waals surface area contributed by atoms with Crippen LogP contribution in [0.15, 0.2) is 108 Å². The second-order valence-corrected chi connectivity index (χ2v) is 7.27. The summed E-state index contributed by atoms with van der Waals surface area (Å²) in [7, 11) is 0. The van der Waals surface area contributed by atoms with E-state index < -0.39 is 0 Å². The van der Waals surface area contributed by atoms with Gasteiger partial charge in [-0.1, -0.05) is 65.8 Å². The zero-order chi connectivity index (χ0) is 20.9. The van der Waals surface area contributed by atoms with Gasteiger partial charge in [-0.05, 0) is 29.8 Å². The van der Waals surface area contributed by atoms with Crippen LogP contribution in [0, 0.1) is 0 Å². The minimum Gasteiger partial charge on any atom is -0.489 e. The van der Waals surface area contributed by atoms with Gasteiger partial charge in [0.25, 0.3) is 0 Å². The molecule has 0 fully saturated rings. The molecular weight excluding hydrogens is 386 g/mol. The highest BCUT2D eigenvalue weighted by Crippen LogP contribution is 2.24. The highest BCUT2D eigenvalue weighted by atomic mass is 16.5. The van der Waals surface area contributed by atoms with E-state index in [9.17, 15) is 0 Å². The molecule has 5 nitrogen and oxygen atoms in total. The van der Waals surface area contributed by atoms with E-state index in [0.29, 0.717) is 13.2 Å². The average molecular weight is 407 g/mol. The van der Waals surface area contributed by atoms with E-state index in [0.717, 1.165) is 39.6 Å². The fraction of sp³-hybridized carbons (Fsp3) is 0.0769. The maximum Gasteiger partial charge on any atom is 0.157 e. The van der Waals surface area contributed by atoms with Gasteiger partial charge in [0.15, 0.2) is 5.76 Å². The van der Waals surface area contributed by atoms with Gasteiger partial charge in [0.1, 0.15) is 18.1 Å². The van der Waals surface area contributed by atoms with Crippen molar-refractivity contribution in [2.45, 2.75) is 13.2 Å².